The second-order valence-electron chi connectivity index (χ2n) is 7.64. The second kappa shape index (κ2) is 12.5. The SMILES string of the molecule is CCCCCCCCC(O)C(CC(=O)Nc1ccccc1)S(=O)(=O)c1ccccc1. The number of carbonyl (C=O) groups is 1. The maximum absolute atomic E-state index is 13.2. The van der Waals surface area contributed by atoms with Gasteiger partial charge >= 0.3 is 0 Å². The van der Waals surface area contributed by atoms with Crippen molar-refractivity contribution in [2.45, 2.75) is 74.5 Å². The fraction of sp³-hybridized carbons (Fsp3) is 0.458. The zero-order chi connectivity index (χ0) is 21.8. The summed E-state index contributed by atoms with van der Waals surface area (Å²) in [5.74, 6) is -0.423. The number of unbranched alkanes of at least 4 members (excludes halogenated alkanes) is 5. The van der Waals surface area contributed by atoms with E-state index in [1.54, 1.807) is 42.5 Å². The van der Waals surface area contributed by atoms with Gasteiger partial charge in [0.2, 0.25) is 5.91 Å². The fourth-order valence-electron chi connectivity index (χ4n) is 3.47. The number of rotatable bonds is 13. The second-order valence-corrected chi connectivity index (χ2v) is 9.81. The normalized spacial score (nSPS) is 13.5. The molecular formula is C24H33NO4S. The van der Waals surface area contributed by atoms with Crippen LogP contribution >= 0.6 is 0 Å². The Morgan fingerprint density at radius 3 is 2.10 bits per heavy atom. The molecule has 2 atom stereocenters. The lowest BCUT2D eigenvalue weighted by atomic mass is 10.0. The Bertz CT molecular complexity index is 853. The van der Waals surface area contributed by atoms with Crippen molar-refractivity contribution in [1.82, 2.24) is 0 Å². The van der Waals surface area contributed by atoms with Crippen LogP contribution in [0.15, 0.2) is 65.6 Å². The van der Waals surface area contributed by atoms with Crippen molar-refractivity contribution >= 4 is 21.4 Å². The maximum atomic E-state index is 13.2. The van der Waals surface area contributed by atoms with Crippen molar-refractivity contribution in [2.24, 2.45) is 0 Å². The Morgan fingerprint density at radius 2 is 1.47 bits per heavy atom. The van der Waals surface area contributed by atoms with Gasteiger partial charge in [-0.05, 0) is 30.7 Å². The topological polar surface area (TPSA) is 83.5 Å². The van der Waals surface area contributed by atoms with E-state index >= 15 is 0 Å². The summed E-state index contributed by atoms with van der Waals surface area (Å²) < 4.78 is 26.4. The number of nitrogens with one attached hydrogen (secondary N) is 1. The van der Waals surface area contributed by atoms with Crippen LogP contribution in [-0.2, 0) is 14.6 Å². The monoisotopic (exact) mass is 431 g/mol. The van der Waals surface area contributed by atoms with Gasteiger partial charge < -0.3 is 10.4 Å². The minimum Gasteiger partial charge on any atom is -0.392 e. The van der Waals surface area contributed by atoms with Crippen LogP contribution in [0.25, 0.3) is 0 Å². The highest BCUT2D eigenvalue weighted by Gasteiger charge is 2.35. The van der Waals surface area contributed by atoms with Crippen molar-refractivity contribution in [1.29, 1.82) is 0 Å². The molecule has 0 radical (unpaired) electrons. The summed E-state index contributed by atoms with van der Waals surface area (Å²) in [7, 11) is -3.85. The fourth-order valence-corrected chi connectivity index (χ4v) is 5.28. The third-order valence-corrected chi connectivity index (χ3v) is 7.40. The lowest BCUT2D eigenvalue weighted by Crippen LogP contribution is -2.37. The number of carbonyl (C=O) groups excluding carboxylic acids is 1. The average molecular weight is 432 g/mol. The molecule has 2 aromatic carbocycles. The summed E-state index contributed by atoms with van der Waals surface area (Å²) in [6, 6.07) is 17.0. The maximum Gasteiger partial charge on any atom is 0.225 e. The Hall–Kier alpha value is -2.18. The molecule has 6 heteroatoms. The van der Waals surface area contributed by atoms with Gasteiger partial charge in [0.15, 0.2) is 9.84 Å². The van der Waals surface area contributed by atoms with Crippen LogP contribution in [0.1, 0.15) is 58.3 Å². The largest absolute Gasteiger partial charge is 0.392 e. The molecule has 0 saturated carbocycles. The van der Waals surface area contributed by atoms with Gasteiger partial charge in [-0.3, -0.25) is 4.79 Å². The van der Waals surface area contributed by atoms with E-state index in [2.05, 4.69) is 12.2 Å². The smallest absolute Gasteiger partial charge is 0.225 e. The van der Waals surface area contributed by atoms with Gasteiger partial charge in [0.1, 0.15) is 5.25 Å². The van der Waals surface area contributed by atoms with Crippen LogP contribution < -0.4 is 5.32 Å². The summed E-state index contributed by atoms with van der Waals surface area (Å²) in [6.07, 6.45) is 5.25. The first-order valence-corrected chi connectivity index (χ1v) is 12.3. The predicted octanol–water partition coefficient (Wildman–Crippen LogP) is 4.97. The highest BCUT2D eigenvalue weighted by atomic mass is 32.2. The van der Waals surface area contributed by atoms with Gasteiger partial charge in [-0.25, -0.2) is 8.42 Å². The summed E-state index contributed by atoms with van der Waals surface area (Å²) in [6.45, 7) is 2.16. The molecule has 5 nitrogen and oxygen atoms in total. The quantitative estimate of drug-likeness (QED) is 0.439. The number of anilines is 1. The minimum absolute atomic E-state index is 0.129. The molecule has 2 rings (SSSR count). The van der Waals surface area contributed by atoms with Crippen LogP contribution in [0, 0.1) is 0 Å². The third kappa shape index (κ3) is 7.58. The number of hydrogen-bond donors (Lipinski definition) is 2. The zero-order valence-electron chi connectivity index (χ0n) is 17.7. The summed E-state index contributed by atoms with van der Waals surface area (Å²) in [4.78, 5) is 12.7. The highest BCUT2D eigenvalue weighted by molar-refractivity contribution is 7.92. The molecule has 0 saturated heterocycles. The molecule has 0 aliphatic rings. The molecule has 0 fully saturated rings. The molecule has 0 bridgehead atoms. The average Bonchev–Trinajstić information content (AvgIpc) is 2.75. The Kier molecular flexibility index (Phi) is 10.0. The first kappa shape index (κ1) is 24.1. The lowest BCUT2D eigenvalue weighted by Gasteiger charge is -2.23. The Morgan fingerprint density at radius 1 is 0.900 bits per heavy atom. The molecule has 0 aliphatic heterocycles. The summed E-state index contributed by atoms with van der Waals surface area (Å²) in [5.41, 5.74) is 0.601. The molecule has 0 heterocycles. The van der Waals surface area contributed by atoms with E-state index in [1.807, 2.05) is 6.07 Å². The molecule has 164 valence electrons. The minimum atomic E-state index is -3.85. The first-order chi connectivity index (χ1) is 14.4. The molecular weight excluding hydrogens is 398 g/mol. The van der Waals surface area contributed by atoms with Crippen molar-refractivity contribution < 1.29 is 18.3 Å². The van der Waals surface area contributed by atoms with Gasteiger partial charge in [-0.15, -0.1) is 0 Å². The Labute approximate surface area is 180 Å². The van der Waals surface area contributed by atoms with Crippen LogP contribution in [0.3, 0.4) is 0 Å². The molecule has 2 N–H and O–H groups in total. The van der Waals surface area contributed by atoms with E-state index in [9.17, 15) is 18.3 Å². The number of para-hydroxylation sites is 1. The summed E-state index contributed by atoms with van der Waals surface area (Å²) in [5, 5.41) is 12.3. The molecule has 2 aromatic rings. The Balaban J connectivity index is 2.08. The van der Waals surface area contributed by atoms with E-state index in [4.69, 9.17) is 0 Å². The molecule has 0 spiro atoms. The first-order valence-electron chi connectivity index (χ1n) is 10.8. The molecule has 0 aromatic heterocycles. The van der Waals surface area contributed by atoms with Crippen molar-refractivity contribution in [3.63, 3.8) is 0 Å². The number of benzene rings is 2. The lowest BCUT2D eigenvalue weighted by molar-refractivity contribution is -0.116. The van der Waals surface area contributed by atoms with E-state index < -0.39 is 27.1 Å². The zero-order valence-corrected chi connectivity index (χ0v) is 18.5. The van der Waals surface area contributed by atoms with Gasteiger partial charge in [-0.1, -0.05) is 81.8 Å². The van der Waals surface area contributed by atoms with Gasteiger partial charge in [0.05, 0.1) is 11.0 Å². The standard InChI is InChI=1S/C24H33NO4S/c1-2-3-4-5-6-13-18-22(26)23(30(28,29)21-16-11-8-12-17-21)19-24(27)25-20-14-9-7-10-15-20/h7-12,14-17,22-23,26H,2-6,13,18-19H2,1H3,(H,25,27). The van der Waals surface area contributed by atoms with Crippen LogP contribution in [0.2, 0.25) is 0 Å². The predicted molar refractivity (Wildman–Crippen MR) is 121 cm³/mol. The van der Waals surface area contributed by atoms with Crippen molar-refractivity contribution in [3.8, 4) is 0 Å². The van der Waals surface area contributed by atoms with Crippen molar-refractivity contribution in [3.05, 3.63) is 60.7 Å². The van der Waals surface area contributed by atoms with Crippen LogP contribution in [0.5, 0.6) is 0 Å². The molecule has 30 heavy (non-hydrogen) atoms. The van der Waals surface area contributed by atoms with Gasteiger partial charge in [0.25, 0.3) is 0 Å². The number of hydrogen-bond acceptors (Lipinski definition) is 4. The summed E-state index contributed by atoms with van der Waals surface area (Å²) >= 11 is 0. The van der Waals surface area contributed by atoms with Gasteiger partial charge in [-0.2, -0.15) is 0 Å². The van der Waals surface area contributed by atoms with E-state index in [0.29, 0.717) is 12.1 Å². The van der Waals surface area contributed by atoms with E-state index in [-0.39, 0.29) is 11.3 Å². The number of aliphatic hydroxyl groups excluding tert-OH is 1. The van der Waals surface area contributed by atoms with Crippen LogP contribution in [0.4, 0.5) is 5.69 Å². The number of sulfone groups is 1. The van der Waals surface area contributed by atoms with Crippen molar-refractivity contribution in [2.75, 3.05) is 5.32 Å². The molecule has 2 unspecified atom stereocenters. The van der Waals surface area contributed by atoms with E-state index in [0.717, 1.165) is 32.1 Å². The molecule has 1 amide bonds. The number of aliphatic hydroxyl groups is 1. The highest BCUT2D eigenvalue weighted by Crippen LogP contribution is 2.24. The molecule has 0 aliphatic carbocycles. The number of amides is 1. The van der Waals surface area contributed by atoms with Crippen LogP contribution in [-0.4, -0.2) is 30.8 Å². The third-order valence-electron chi connectivity index (χ3n) is 5.20. The van der Waals surface area contributed by atoms with Gasteiger partial charge in [0, 0.05) is 12.1 Å². The van der Waals surface area contributed by atoms with E-state index in [1.165, 1.54) is 18.6 Å².